The number of hydrogen-bond acceptors (Lipinski definition) is 6. The van der Waals surface area contributed by atoms with Crippen LogP contribution in [0.2, 0.25) is 0 Å². The molecular weight excluding hydrogens is 442 g/mol. The second-order valence-corrected chi connectivity index (χ2v) is 8.49. The molecule has 0 saturated carbocycles. The van der Waals surface area contributed by atoms with Crippen LogP contribution in [0, 0.1) is 0 Å². The van der Waals surface area contributed by atoms with Crippen LogP contribution in [0.3, 0.4) is 0 Å². The minimum atomic E-state index is -0.827. The molecule has 0 radical (unpaired) electrons. The van der Waals surface area contributed by atoms with Gasteiger partial charge in [-0.2, -0.15) is 0 Å². The molecule has 1 aromatic carbocycles. The molecule has 0 bridgehead atoms. The molecule has 9 heteroatoms. The highest BCUT2D eigenvalue weighted by molar-refractivity contribution is 7.80. The fraction of sp³-hybridized carbons (Fsp3) is 0.583. The Bertz CT molecular complexity index is 815. The Morgan fingerprint density at radius 3 is 2.61 bits per heavy atom. The Morgan fingerprint density at radius 1 is 1.21 bits per heavy atom. The van der Waals surface area contributed by atoms with Gasteiger partial charge in [-0.15, -0.1) is 0 Å². The molecule has 0 aromatic heterocycles. The van der Waals surface area contributed by atoms with Crippen LogP contribution in [0.15, 0.2) is 24.3 Å². The van der Waals surface area contributed by atoms with E-state index in [0.717, 1.165) is 12.8 Å². The monoisotopic (exact) mass is 477 g/mol. The van der Waals surface area contributed by atoms with E-state index >= 15 is 0 Å². The molecule has 0 aliphatic carbocycles. The molecule has 2 atom stereocenters. The first-order chi connectivity index (χ1) is 15.8. The van der Waals surface area contributed by atoms with Gasteiger partial charge < -0.3 is 19.7 Å². The van der Waals surface area contributed by atoms with Gasteiger partial charge in [0.25, 0.3) is 5.91 Å². The highest BCUT2D eigenvalue weighted by Gasteiger charge is 2.34. The van der Waals surface area contributed by atoms with Gasteiger partial charge in [0.1, 0.15) is 11.8 Å². The molecule has 1 aliphatic rings. The van der Waals surface area contributed by atoms with Crippen LogP contribution in [0.25, 0.3) is 0 Å². The number of nitrogens with one attached hydrogen (secondary N) is 2. The van der Waals surface area contributed by atoms with Crippen LogP contribution in [-0.4, -0.2) is 59.6 Å². The van der Waals surface area contributed by atoms with E-state index in [-0.39, 0.29) is 29.5 Å². The van der Waals surface area contributed by atoms with Crippen molar-refractivity contribution in [1.82, 2.24) is 15.5 Å². The zero-order chi connectivity index (χ0) is 24.2. The molecule has 1 aromatic rings. The Kier molecular flexibility index (Phi) is 11.1. The van der Waals surface area contributed by atoms with Crippen LogP contribution >= 0.6 is 12.2 Å². The summed E-state index contributed by atoms with van der Waals surface area (Å²) in [5, 5.41) is 5.51. The normalized spacial score (nSPS) is 16.5. The van der Waals surface area contributed by atoms with Gasteiger partial charge in [-0.3, -0.25) is 19.7 Å². The summed E-state index contributed by atoms with van der Waals surface area (Å²) in [6, 6.07) is 6.01. The number of benzene rings is 1. The number of amides is 2. The van der Waals surface area contributed by atoms with Crippen LogP contribution in [0.4, 0.5) is 0 Å². The number of thiocarbonyl (C=S) groups is 1. The van der Waals surface area contributed by atoms with Gasteiger partial charge in [0.15, 0.2) is 5.11 Å². The number of hydrogen-bond donors (Lipinski definition) is 2. The van der Waals surface area contributed by atoms with E-state index in [9.17, 15) is 14.4 Å². The van der Waals surface area contributed by atoms with Gasteiger partial charge in [0.05, 0.1) is 19.1 Å². The van der Waals surface area contributed by atoms with E-state index in [2.05, 4.69) is 17.6 Å². The van der Waals surface area contributed by atoms with Gasteiger partial charge in [-0.25, -0.2) is 0 Å². The first kappa shape index (κ1) is 26.6. The summed E-state index contributed by atoms with van der Waals surface area (Å²) in [4.78, 5) is 38.9. The first-order valence-corrected chi connectivity index (χ1v) is 12.1. The first-order valence-electron chi connectivity index (χ1n) is 11.7. The number of carbonyl (C=O) groups is 3. The predicted octanol–water partition coefficient (Wildman–Crippen LogP) is 3.19. The zero-order valence-corrected chi connectivity index (χ0v) is 20.5. The minimum absolute atomic E-state index is 0.104. The SMILES string of the molecule is CCCCCCOc1ccc(C(=O)NC(=S)N2CCNC(=O)C2CC(=O)OC(C)CC)cc1. The van der Waals surface area contributed by atoms with Gasteiger partial charge in [0, 0.05) is 18.7 Å². The maximum atomic E-state index is 12.7. The number of carbonyl (C=O) groups excluding carboxylic acids is 3. The van der Waals surface area contributed by atoms with Crippen molar-refractivity contribution >= 4 is 35.1 Å². The quantitative estimate of drug-likeness (QED) is 0.287. The van der Waals surface area contributed by atoms with Crippen molar-refractivity contribution in [3.8, 4) is 5.75 Å². The lowest BCUT2D eigenvalue weighted by atomic mass is 10.1. The van der Waals surface area contributed by atoms with Gasteiger partial charge >= 0.3 is 5.97 Å². The summed E-state index contributed by atoms with van der Waals surface area (Å²) in [7, 11) is 0. The van der Waals surface area contributed by atoms with E-state index < -0.39 is 12.0 Å². The fourth-order valence-electron chi connectivity index (χ4n) is 3.34. The second kappa shape index (κ2) is 13.8. The predicted molar refractivity (Wildman–Crippen MR) is 130 cm³/mol. The molecule has 2 unspecified atom stereocenters. The Balaban J connectivity index is 1.92. The van der Waals surface area contributed by atoms with E-state index in [1.807, 2.05) is 6.92 Å². The maximum Gasteiger partial charge on any atom is 0.308 e. The molecule has 182 valence electrons. The van der Waals surface area contributed by atoms with Crippen LogP contribution < -0.4 is 15.4 Å². The summed E-state index contributed by atoms with van der Waals surface area (Å²) < 4.78 is 11.0. The van der Waals surface area contributed by atoms with Crippen molar-refractivity contribution in [2.24, 2.45) is 0 Å². The van der Waals surface area contributed by atoms with E-state index in [0.29, 0.717) is 37.4 Å². The summed E-state index contributed by atoms with van der Waals surface area (Å²) in [6.07, 6.45) is 4.82. The van der Waals surface area contributed by atoms with Crippen molar-refractivity contribution in [1.29, 1.82) is 0 Å². The third-order valence-electron chi connectivity index (χ3n) is 5.46. The average molecular weight is 478 g/mol. The second-order valence-electron chi connectivity index (χ2n) is 8.11. The highest BCUT2D eigenvalue weighted by atomic mass is 32.1. The van der Waals surface area contributed by atoms with Gasteiger partial charge in [-0.1, -0.05) is 33.1 Å². The van der Waals surface area contributed by atoms with Crippen molar-refractivity contribution in [3.05, 3.63) is 29.8 Å². The Labute approximate surface area is 201 Å². The molecule has 1 saturated heterocycles. The lowest BCUT2D eigenvalue weighted by molar-refractivity contribution is -0.151. The van der Waals surface area contributed by atoms with E-state index in [4.69, 9.17) is 21.7 Å². The number of ether oxygens (including phenoxy) is 2. The largest absolute Gasteiger partial charge is 0.494 e. The summed E-state index contributed by atoms with van der Waals surface area (Å²) in [5.41, 5.74) is 0.421. The van der Waals surface area contributed by atoms with Crippen LogP contribution in [0.1, 0.15) is 69.7 Å². The third kappa shape index (κ3) is 8.64. The molecule has 33 heavy (non-hydrogen) atoms. The Morgan fingerprint density at radius 2 is 1.94 bits per heavy atom. The van der Waals surface area contributed by atoms with E-state index in [1.165, 1.54) is 12.8 Å². The zero-order valence-electron chi connectivity index (χ0n) is 19.7. The molecule has 0 spiro atoms. The molecule has 2 amide bonds. The average Bonchev–Trinajstić information content (AvgIpc) is 2.80. The van der Waals surface area contributed by atoms with Gasteiger partial charge in [0.2, 0.25) is 5.91 Å². The molecule has 2 rings (SSSR count). The molecule has 8 nitrogen and oxygen atoms in total. The number of unbranched alkanes of at least 4 members (excludes halogenated alkanes) is 3. The van der Waals surface area contributed by atoms with E-state index in [1.54, 1.807) is 36.1 Å². The van der Waals surface area contributed by atoms with Crippen molar-refractivity contribution in [2.75, 3.05) is 19.7 Å². The van der Waals surface area contributed by atoms with Crippen molar-refractivity contribution in [3.63, 3.8) is 0 Å². The standard InChI is InChI=1S/C24H35N3O5S/c1-4-6-7-8-15-31-19-11-9-18(10-12-19)22(29)26-24(33)27-14-13-25-23(30)20(27)16-21(28)32-17(3)5-2/h9-12,17,20H,4-8,13-16H2,1-3H3,(H,25,30)(H,26,29,33). The number of rotatable bonds is 11. The summed E-state index contributed by atoms with van der Waals surface area (Å²) in [5.74, 6) is -0.477. The van der Waals surface area contributed by atoms with Crippen molar-refractivity contribution < 1.29 is 23.9 Å². The fourth-order valence-corrected chi connectivity index (χ4v) is 3.65. The van der Waals surface area contributed by atoms with Crippen LogP contribution in [0.5, 0.6) is 5.75 Å². The summed E-state index contributed by atoms with van der Waals surface area (Å²) in [6.45, 7) is 7.28. The molecule has 1 heterocycles. The third-order valence-corrected chi connectivity index (χ3v) is 5.80. The lowest BCUT2D eigenvalue weighted by Crippen LogP contribution is -2.60. The molecule has 1 fully saturated rings. The molecule has 2 N–H and O–H groups in total. The van der Waals surface area contributed by atoms with Crippen LogP contribution in [-0.2, 0) is 14.3 Å². The maximum absolute atomic E-state index is 12.7. The lowest BCUT2D eigenvalue weighted by Gasteiger charge is -2.36. The number of esters is 1. The number of nitrogens with zero attached hydrogens (tertiary/aromatic N) is 1. The van der Waals surface area contributed by atoms with Crippen molar-refractivity contribution in [2.45, 2.75) is 71.4 Å². The summed E-state index contributed by atoms with van der Waals surface area (Å²) >= 11 is 5.40. The number of piperazine rings is 1. The molecular formula is C24H35N3O5S. The smallest absolute Gasteiger partial charge is 0.308 e. The molecule has 1 aliphatic heterocycles. The highest BCUT2D eigenvalue weighted by Crippen LogP contribution is 2.15. The Hall–Kier alpha value is -2.68. The van der Waals surface area contributed by atoms with Gasteiger partial charge in [-0.05, 0) is 56.2 Å². The minimum Gasteiger partial charge on any atom is -0.494 e. The topological polar surface area (TPSA) is 97.0 Å².